The van der Waals surface area contributed by atoms with E-state index in [1.807, 2.05) is 55.4 Å². The van der Waals surface area contributed by atoms with Crippen molar-refractivity contribution in [3.63, 3.8) is 0 Å². The van der Waals surface area contributed by atoms with Gasteiger partial charge in [0.25, 0.3) is 0 Å². The van der Waals surface area contributed by atoms with Crippen LogP contribution in [0.2, 0.25) is 22.2 Å². The zero-order valence-electron chi connectivity index (χ0n) is 32.9. The Balaban J connectivity index is 2.18. The normalized spacial score (nSPS) is 22.7. The molecule has 0 spiro atoms. The third-order valence-corrected chi connectivity index (χ3v) is 20.8. The highest BCUT2D eigenvalue weighted by Gasteiger charge is 2.63. The lowest BCUT2D eigenvalue weighted by atomic mass is 9.84. The van der Waals surface area contributed by atoms with E-state index >= 15 is 0 Å². The van der Waals surface area contributed by atoms with Gasteiger partial charge in [-0.3, -0.25) is 13.9 Å². The number of nitrogens with two attached hydrogens (primary N) is 1. The van der Waals surface area contributed by atoms with Gasteiger partial charge in [-0.2, -0.15) is 15.3 Å². The molecule has 1 aromatic heterocycles. The van der Waals surface area contributed by atoms with Crippen molar-refractivity contribution in [2.45, 2.75) is 136 Å². The van der Waals surface area contributed by atoms with Crippen molar-refractivity contribution in [1.82, 2.24) is 14.6 Å². The number of nitrogens with zero attached hydrogens (tertiary/aromatic N) is 3. The van der Waals surface area contributed by atoms with Gasteiger partial charge in [0.2, 0.25) is 0 Å². The number of nitriles is 1. The van der Waals surface area contributed by atoms with Crippen LogP contribution in [0.3, 0.4) is 0 Å². The molecular formula is C35H58N5O10PSi2. The van der Waals surface area contributed by atoms with Gasteiger partial charge in [-0.25, -0.2) is 9.36 Å². The molecule has 1 aromatic carbocycles. The second kappa shape index (κ2) is 17.7. The number of anilines is 1. The van der Waals surface area contributed by atoms with Crippen LogP contribution in [0, 0.1) is 16.7 Å². The monoisotopic (exact) mass is 795 g/mol. The summed E-state index contributed by atoms with van der Waals surface area (Å²) < 4.78 is 53.6. The Morgan fingerprint density at radius 2 is 1.64 bits per heavy atom. The fraction of sp³-hybridized carbons (Fsp3) is 0.657. The van der Waals surface area contributed by atoms with E-state index in [0.717, 1.165) is 4.57 Å². The molecule has 2 heterocycles. The van der Waals surface area contributed by atoms with E-state index in [2.05, 4.69) is 16.1 Å². The molecule has 296 valence electrons. The third-order valence-electron chi connectivity index (χ3n) is 9.42. The van der Waals surface area contributed by atoms with Crippen LogP contribution in [0.15, 0.2) is 47.4 Å². The number of nitrogens with one attached hydrogen (secondary N) is 1. The van der Waals surface area contributed by atoms with E-state index in [4.69, 9.17) is 32.8 Å². The summed E-state index contributed by atoms with van der Waals surface area (Å²) in [5.74, 6) is -0.505. The van der Waals surface area contributed by atoms with Crippen LogP contribution in [0.4, 0.5) is 5.82 Å². The Kier molecular flexibility index (Phi) is 14.9. The van der Waals surface area contributed by atoms with E-state index in [-0.39, 0.29) is 33.7 Å². The van der Waals surface area contributed by atoms with Crippen LogP contribution in [0.5, 0.6) is 5.75 Å². The molecule has 2 aromatic rings. The van der Waals surface area contributed by atoms with Crippen LogP contribution in [0.1, 0.15) is 89.3 Å². The van der Waals surface area contributed by atoms with E-state index in [9.17, 15) is 24.2 Å². The highest BCUT2D eigenvalue weighted by molar-refractivity contribution is 7.52. The number of aromatic nitrogens is 2. The van der Waals surface area contributed by atoms with Crippen LogP contribution in [0.25, 0.3) is 0 Å². The molecule has 15 nitrogen and oxygen atoms in total. The number of para-hydroxylation sites is 1. The number of benzene rings is 1. The summed E-state index contributed by atoms with van der Waals surface area (Å²) in [4.78, 5) is 42.0. The SMILES string of the molecule is CC(C)OC(=O)[C@H](C)NP(=O)(OC[C@H]1O[C@@H](n2ccc(N)nc2=O)[C@](C)(C#N)[C@@H]1O[Si](O[Si](O)(C(C)C)C(C)C)(C(C)C)C(C)C)Oc1ccccc1. The van der Waals surface area contributed by atoms with Gasteiger partial charge in [-0.15, -0.1) is 0 Å². The molecule has 6 atom stereocenters. The van der Waals surface area contributed by atoms with E-state index in [1.54, 1.807) is 51.1 Å². The topological polar surface area (TPSA) is 206 Å². The zero-order chi connectivity index (χ0) is 40.1. The lowest BCUT2D eigenvalue weighted by Crippen LogP contribution is -2.62. The standard InChI is InChI=1S/C35H58N5O10PSi2/c1-22(2)46-32(41)27(11)39-51(43,48-28-16-14-13-15-17-28)45-20-29-31(35(12,21-36)33(47-29)40-19-18-30(37)38-34(40)42)49-53(25(7)8,26(9)10)50-52(44,23(3)4)24(5)6/h13-19,22-27,29,31,33,44H,20H2,1-12H3,(H,39,43)(H2,37,38,42)/t27-,29+,31+,33+,35+,51?/m0/s1. The fourth-order valence-corrected chi connectivity index (χ4v) is 17.9. The van der Waals surface area contributed by atoms with Gasteiger partial charge in [0.05, 0.1) is 24.9 Å². The molecule has 1 aliphatic rings. The summed E-state index contributed by atoms with van der Waals surface area (Å²) in [6.45, 7) is 21.5. The molecule has 4 N–H and O–H groups in total. The quantitative estimate of drug-likeness (QED) is 0.0860. The maximum atomic E-state index is 14.5. The van der Waals surface area contributed by atoms with E-state index in [0.29, 0.717) is 0 Å². The second-order valence-corrected chi connectivity index (χ2v) is 25.5. The summed E-state index contributed by atoms with van der Waals surface area (Å²) in [6.07, 6.45) is -2.65. The molecule has 18 heteroatoms. The van der Waals surface area contributed by atoms with Crippen molar-refractivity contribution < 1.29 is 41.2 Å². The minimum absolute atomic E-state index is 0.0168. The molecule has 0 bridgehead atoms. The molecule has 1 aliphatic heterocycles. The summed E-state index contributed by atoms with van der Waals surface area (Å²) in [5, 5.41) is 13.6. The number of nitrogen functional groups attached to an aromatic ring is 1. The summed E-state index contributed by atoms with van der Waals surface area (Å²) in [5.41, 5.74) is 2.59. The Morgan fingerprint density at radius 1 is 1.06 bits per heavy atom. The average Bonchev–Trinajstić information content (AvgIpc) is 3.33. The number of rotatable bonds is 18. The molecule has 0 amide bonds. The van der Waals surface area contributed by atoms with Crippen LogP contribution >= 0.6 is 7.75 Å². The first-order chi connectivity index (χ1) is 24.5. The maximum Gasteiger partial charge on any atom is 0.459 e. The largest absolute Gasteiger partial charge is 0.462 e. The molecule has 0 radical (unpaired) electrons. The fourth-order valence-electron chi connectivity index (χ4n) is 6.37. The summed E-state index contributed by atoms with van der Waals surface area (Å²) in [7, 11) is -11.4. The predicted octanol–water partition coefficient (Wildman–Crippen LogP) is 6.30. The average molecular weight is 796 g/mol. The van der Waals surface area contributed by atoms with Crippen molar-refractivity contribution in [2.75, 3.05) is 12.3 Å². The number of ether oxygens (including phenoxy) is 2. The van der Waals surface area contributed by atoms with Crippen molar-refractivity contribution >= 4 is 36.7 Å². The molecular weight excluding hydrogens is 738 g/mol. The molecule has 1 unspecified atom stereocenters. The number of esters is 1. The Labute approximate surface area is 315 Å². The van der Waals surface area contributed by atoms with Crippen molar-refractivity contribution in [1.29, 1.82) is 5.26 Å². The van der Waals surface area contributed by atoms with Gasteiger partial charge < -0.3 is 33.1 Å². The first-order valence-corrected chi connectivity index (χ1v) is 23.6. The van der Waals surface area contributed by atoms with Crippen molar-refractivity contribution in [3.05, 3.63) is 53.1 Å². The predicted molar refractivity (Wildman–Crippen MR) is 205 cm³/mol. The smallest absolute Gasteiger partial charge is 0.459 e. The second-order valence-electron chi connectivity index (χ2n) is 15.2. The zero-order valence-corrected chi connectivity index (χ0v) is 35.8. The Morgan fingerprint density at radius 3 is 2.13 bits per heavy atom. The molecule has 0 saturated carbocycles. The minimum Gasteiger partial charge on any atom is -0.462 e. The molecule has 3 rings (SSSR count). The van der Waals surface area contributed by atoms with Gasteiger partial charge in [0.15, 0.2) is 6.23 Å². The minimum atomic E-state index is -4.40. The molecule has 1 fully saturated rings. The van der Waals surface area contributed by atoms with Gasteiger partial charge in [0, 0.05) is 6.20 Å². The first kappa shape index (κ1) is 44.5. The lowest BCUT2D eigenvalue weighted by Gasteiger charge is -2.48. The number of carbonyl (C=O) groups excluding carboxylic acids is 1. The summed E-state index contributed by atoms with van der Waals surface area (Å²) in [6, 6.07) is 10.9. The van der Waals surface area contributed by atoms with Gasteiger partial charge in [0.1, 0.15) is 29.1 Å². The lowest BCUT2D eigenvalue weighted by molar-refractivity contribution is -0.149. The Hall–Kier alpha value is -2.92. The molecule has 1 saturated heterocycles. The number of carbonyl (C=O) groups is 1. The van der Waals surface area contributed by atoms with Gasteiger partial charge in [-0.1, -0.05) is 73.6 Å². The van der Waals surface area contributed by atoms with Gasteiger partial charge in [-0.05, 0) is 68.1 Å². The highest BCUT2D eigenvalue weighted by atomic mass is 31.2. The van der Waals surface area contributed by atoms with E-state index in [1.165, 1.54) is 19.2 Å². The number of hydrogen-bond acceptors (Lipinski definition) is 13. The van der Waals surface area contributed by atoms with Gasteiger partial charge >= 0.3 is 36.5 Å². The third kappa shape index (κ3) is 10.0. The van der Waals surface area contributed by atoms with E-state index < -0.39 is 79.1 Å². The first-order valence-electron chi connectivity index (χ1n) is 18.0. The van der Waals surface area contributed by atoms with Crippen LogP contribution in [-0.4, -0.2) is 68.4 Å². The molecule has 53 heavy (non-hydrogen) atoms. The molecule has 0 aliphatic carbocycles. The number of hydrogen-bond donors (Lipinski definition) is 3. The van der Waals surface area contributed by atoms with Crippen molar-refractivity contribution in [3.8, 4) is 11.8 Å². The van der Waals surface area contributed by atoms with Crippen LogP contribution in [-0.2, 0) is 31.9 Å². The maximum absolute atomic E-state index is 14.5. The van der Waals surface area contributed by atoms with Crippen LogP contribution < -0.4 is 21.0 Å². The van der Waals surface area contributed by atoms with Crippen molar-refractivity contribution in [2.24, 2.45) is 5.41 Å². The highest BCUT2D eigenvalue weighted by Crippen LogP contribution is 2.53. The Bertz CT molecular complexity index is 1670. The summed E-state index contributed by atoms with van der Waals surface area (Å²) >= 11 is 0.